The summed E-state index contributed by atoms with van der Waals surface area (Å²) in [7, 11) is 1.91. The molecule has 2 rings (SSSR count). The largest absolute Gasteiger partial charge is 0.388 e. The van der Waals surface area contributed by atoms with Gasteiger partial charge in [0.25, 0.3) is 0 Å². The zero-order valence-electron chi connectivity index (χ0n) is 13.9. The SMILES string of the molecule is Cc1cc(C)cc(CC(O)c2cn(C)nc2C(C)(C)C)c1. The summed E-state index contributed by atoms with van der Waals surface area (Å²) in [6.07, 6.45) is 2.04. The minimum atomic E-state index is -0.519. The fraction of sp³-hybridized carbons (Fsp3) is 0.500. The molecular formula is C18H26N2O. The molecule has 1 atom stereocenters. The van der Waals surface area contributed by atoms with Crippen molar-refractivity contribution in [3.8, 4) is 0 Å². The van der Waals surface area contributed by atoms with E-state index < -0.39 is 6.10 Å². The van der Waals surface area contributed by atoms with Crippen LogP contribution in [-0.2, 0) is 18.9 Å². The number of hydrogen-bond donors (Lipinski definition) is 1. The van der Waals surface area contributed by atoms with Gasteiger partial charge in [-0.25, -0.2) is 0 Å². The van der Waals surface area contributed by atoms with Crippen molar-refractivity contribution in [3.63, 3.8) is 0 Å². The highest BCUT2D eigenvalue weighted by molar-refractivity contribution is 5.32. The topological polar surface area (TPSA) is 38.0 Å². The number of hydrogen-bond acceptors (Lipinski definition) is 2. The van der Waals surface area contributed by atoms with Crippen LogP contribution in [0.1, 0.15) is 54.8 Å². The summed E-state index contributed by atoms with van der Waals surface area (Å²) in [6.45, 7) is 10.6. The van der Waals surface area contributed by atoms with E-state index in [2.05, 4.69) is 57.9 Å². The first-order chi connectivity index (χ1) is 9.66. The predicted molar refractivity (Wildman–Crippen MR) is 86.5 cm³/mol. The highest BCUT2D eigenvalue weighted by Crippen LogP contribution is 2.30. The molecule has 0 radical (unpaired) electrons. The quantitative estimate of drug-likeness (QED) is 0.936. The van der Waals surface area contributed by atoms with Crippen LogP contribution in [-0.4, -0.2) is 14.9 Å². The molecule has 3 nitrogen and oxygen atoms in total. The molecule has 0 saturated carbocycles. The molecule has 1 aromatic carbocycles. The number of rotatable bonds is 3. The Balaban J connectivity index is 2.30. The minimum absolute atomic E-state index is 0.0694. The van der Waals surface area contributed by atoms with Gasteiger partial charge in [-0.15, -0.1) is 0 Å². The molecule has 2 aromatic rings. The van der Waals surface area contributed by atoms with Crippen molar-refractivity contribution in [2.24, 2.45) is 7.05 Å². The minimum Gasteiger partial charge on any atom is -0.388 e. The van der Waals surface area contributed by atoms with Gasteiger partial charge in [-0.2, -0.15) is 5.10 Å². The van der Waals surface area contributed by atoms with Gasteiger partial charge in [0.15, 0.2) is 0 Å². The smallest absolute Gasteiger partial charge is 0.0863 e. The van der Waals surface area contributed by atoms with E-state index in [-0.39, 0.29) is 5.41 Å². The van der Waals surface area contributed by atoms with Crippen LogP contribution >= 0.6 is 0 Å². The number of aliphatic hydroxyl groups excluding tert-OH is 1. The molecule has 114 valence electrons. The molecule has 0 aliphatic heterocycles. The van der Waals surface area contributed by atoms with E-state index in [0.29, 0.717) is 6.42 Å². The Bertz CT molecular complexity index is 615. The fourth-order valence-electron chi connectivity index (χ4n) is 2.85. The van der Waals surface area contributed by atoms with Gasteiger partial charge in [-0.05, 0) is 19.4 Å². The Hall–Kier alpha value is -1.61. The lowest BCUT2D eigenvalue weighted by atomic mass is 9.87. The second-order valence-electron chi connectivity index (χ2n) is 7.07. The molecule has 1 aromatic heterocycles. The third-order valence-electron chi connectivity index (χ3n) is 3.64. The van der Waals surface area contributed by atoms with Crippen molar-refractivity contribution in [2.45, 2.75) is 52.6 Å². The summed E-state index contributed by atoms with van der Waals surface area (Å²) < 4.78 is 1.79. The Labute approximate surface area is 127 Å². The molecule has 0 fully saturated rings. The second-order valence-corrected chi connectivity index (χ2v) is 7.07. The normalized spacial score (nSPS) is 13.5. The molecule has 21 heavy (non-hydrogen) atoms. The summed E-state index contributed by atoms with van der Waals surface area (Å²) in [4.78, 5) is 0. The predicted octanol–water partition coefficient (Wildman–Crippen LogP) is 3.61. The van der Waals surface area contributed by atoms with Gasteiger partial charge in [-0.1, -0.05) is 50.1 Å². The van der Waals surface area contributed by atoms with Crippen molar-refractivity contribution >= 4 is 0 Å². The molecule has 0 amide bonds. The van der Waals surface area contributed by atoms with Gasteiger partial charge in [-0.3, -0.25) is 4.68 Å². The molecule has 0 aliphatic carbocycles. The first-order valence-corrected chi connectivity index (χ1v) is 7.46. The molecule has 0 aliphatic rings. The standard InChI is InChI=1S/C18H26N2O/c1-12-7-13(2)9-14(8-12)10-16(21)15-11-20(6)19-17(15)18(3,4)5/h7-9,11,16,21H,10H2,1-6H3. The van der Waals surface area contributed by atoms with Crippen molar-refractivity contribution in [3.05, 3.63) is 52.3 Å². The van der Waals surface area contributed by atoms with Gasteiger partial charge in [0.05, 0.1) is 11.8 Å². The van der Waals surface area contributed by atoms with Gasteiger partial charge in [0.2, 0.25) is 0 Å². The Morgan fingerprint density at radius 2 is 1.71 bits per heavy atom. The van der Waals surface area contributed by atoms with E-state index in [1.807, 2.05) is 13.2 Å². The number of aromatic nitrogens is 2. The van der Waals surface area contributed by atoms with E-state index in [1.54, 1.807) is 4.68 Å². The van der Waals surface area contributed by atoms with Crippen LogP contribution in [0.5, 0.6) is 0 Å². The highest BCUT2D eigenvalue weighted by Gasteiger charge is 2.25. The van der Waals surface area contributed by atoms with Crippen LogP contribution in [0.3, 0.4) is 0 Å². The number of aryl methyl sites for hydroxylation is 3. The van der Waals surface area contributed by atoms with Crippen LogP contribution in [0.4, 0.5) is 0 Å². The zero-order valence-corrected chi connectivity index (χ0v) is 13.9. The Kier molecular flexibility index (Phi) is 4.24. The maximum atomic E-state index is 10.7. The third kappa shape index (κ3) is 3.73. The summed E-state index contributed by atoms with van der Waals surface area (Å²) in [5.74, 6) is 0. The van der Waals surface area contributed by atoms with E-state index in [9.17, 15) is 5.11 Å². The molecule has 1 unspecified atom stereocenters. The van der Waals surface area contributed by atoms with E-state index in [1.165, 1.54) is 16.7 Å². The molecular weight excluding hydrogens is 260 g/mol. The van der Waals surface area contributed by atoms with Gasteiger partial charge >= 0.3 is 0 Å². The lowest BCUT2D eigenvalue weighted by molar-refractivity contribution is 0.176. The van der Waals surface area contributed by atoms with Crippen molar-refractivity contribution in [1.82, 2.24) is 9.78 Å². The first-order valence-electron chi connectivity index (χ1n) is 7.46. The molecule has 3 heteroatoms. The van der Waals surface area contributed by atoms with Crippen LogP contribution in [0.25, 0.3) is 0 Å². The first kappa shape index (κ1) is 15.8. The monoisotopic (exact) mass is 286 g/mol. The molecule has 1 heterocycles. The van der Waals surface area contributed by atoms with Crippen molar-refractivity contribution in [2.75, 3.05) is 0 Å². The highest BCUT2D eigenvalue weighted by atomic mass is 16.3. The van der Waals surface area contributed by atoms with Crippen LogP contribution in [0.15, 0.2) is 24.4 Å². The summed E-state index contributed by atoms with van der Waals surface area (Å²) in [6, 6.07) is 6.44. The average Bonchev–Trinajstić information content (AvgIpc) is 2.69. The summed E-state index contributed by atoms with van der Waals surface area (Å²) >= 11 is 0. The lowest BCUT2D eigenvalue weighted by Crippen LogP contribution is -2.17. The van der Waals surface area contributed by atoms with Crippen molar-refractivity contribution in [1.29, 1.82) is 0 Å². The molecule has 1 N–H and O–H groups in total. The van der Waals surface area contributed by atoms with Crippen molar-refractivity contribution < 1.29 is 5.11 Å². The maximum absolute atomic E-state index is 10.7. The fourth-order valence-corrected chi connectivity index (χ4v) is 2.85. The average molecular weight is 286 g/mol. The third-order valence-corrected chi connectivity index (χ3v) is 3.64. The number of nitrogens with zero attached hydrogens (tertiary/aromatic N) is 2. The van der Waals surface area contributed by atoms with Crippen LogP contribution in [0.2, 0.25) is 0 Å². The number of benzene rings is 1. The molecule has 0 saturated heterocycles. The summed E-state index contributed by atoms with van der Waals surface area (Å²) in [5, 5.41) is 15.2. The van der Waals surface area contributed by atoms with Gasteiger partial charge < -0.3 is 5.11 Å². The Morgan fingerprint density at radius 3 is 2.24 bits per heavy atom. The second kappa shape index (κ2) is 5.64. The van der Waals surface area contributed by atoms with Gasteiger partial charge in [0.1, 0.15) is 0 Å². The summed E-state index contributed by atoms with van der Waals surface area (Å²) in [5.41, 5.74) is 5.48. The van der Waals surface area contributed by atoms with E-state index in [0.717, 1.165) is 11.3 Å². The maximum Gasteiger partial charge on any atom is 0.0863 e. The molecule has 0 bridgehead atoms. The van der Waals surface area contributed by atoms with Crippen LogP contribution < -0.4 is 0 Å². The zero-order chi connectivity index (χ0) is 15.8. The Morgan fingerprint density at radius 1 is 1.14 bits per heavy atom. The van der Waals surface area contributed by atoms with Crippen LogP contribution in [0, 0.1) is 13.8 Å². The van der Waals surface area contributed by atoms with E-state index in [4.69, 9.17) is 0 Å². The lowest BCUT2D eigenvalue weighted by Gasteiger charge is -2.20. The van der Waals surface area contributed by atoms with E-state index >= 15 is 0 Å². The molecule has 0 spiro atoms. The number of aliphatic hydroxyl groups is 1. The van der Waals surface area contributed by atoms with Gasteiger partial charge in [0, 0.05) is 30.6 Å².